The minimum atomic E-state index is -0.367. The third-order valence-corrected chi connectivity index (χ3v) is 5.45. The molecule has 2 aromatic heterocycles. The smallest absolute Gasteiger partial charge is 0.239 e. The lowest BCUT2D eigenvalue weighted by molar-refractivity contribution is -0.115. The van der Waals surface area contributed by atoms with E-state index in [1.807, 2.05) is 19.4 Å². The van der Waals surface area contributed by atoms with E-state index >= 15 is 0 Å². The zero-order valence-electron chi connectivity index (χ0n) is 13.9. The number of rotatable bonds is 5. The van der Waals surface area contributed by atoms with Crippen LogP contribution in [0.3, 0.4) is 0 Å². The molecule has 1 aromatic carbocycles. The van der Waals surface area contributed by atoms with Crippen molar-refractivity contribution in [2.75, 3.05) is 5.32 Å². The number of anilines is 1. The lowest BCUT2D eigenvalue weighted by atomic mass is 10.2. The van der Waals surface area contributed by atoms with E-state index in [1.165, 1.54) is 35.2 Å². The van der Waals surface area contributed by atoms with Gasteiger partial charge in [-0.15, -0.1) is 21.5 Å². The van der Waals surface area contributed by atoms with Gasteiger partial charge < -0.3 is 9.88 Å². The van der Waals surface area contributed by atoms with Crippen molar-refractivity contribution >= 4 is 34.1 Å². The average Bonchev–Trinajstić information content (AvgIpc) is 3.15. The number of hydrogen-bond donors (Lipinski definition) is 1. The van der Waals surface area contributed by atoms with Crippen molar-refractivity contribution in [2.24, 2.45) is 7.05 Å². The van der Waals surface area contributed by atoms with Gasteiger partial charge in [-0.05, 0) is 38.1 Å². The summed E-state index contributed by atoms with van der Waals surface area (Å²) < 4.78 is 14.8. The van der Waals surface area contributed by atoms with Crippen LogP contribution in [0.15, 0.2) is 34.8 Å². The zero-order valence-corrected chi connectivity index (χ0v) is 15.5. The number of halogens is 1. The number of thioether (sulfide) groups is 1. The number of carbonyl (C=O) groups is 1. The van der Waals surface area contributed by atoms with Gasteiger partial charge in [-0.3, -0.25) is 4.79 Å². The molecule has 2 heterocycles. The molecule has 3 rings (SSSR count). The highest BCUT2D eigenvalue weighted by Gasteiger charge is 2.20. The predicted octanol–water partition coefficient (Wildman–Crippen LogP) is 3.51. The summed E-state index contributed by atoms with van der Waals surface area (Å²) in [5, 5.41) is 13.8. The van der Waals surface area contributed by atoms with Crippen molar-refractivity contribution in [2.45, 2.75) is 24.3 Å². The first-order chi connectivity index (χ1) is 11.9. The van der Waals surface area contributed by atoms with Crippen LogP contribution in [0.2, 0.25) is 0 Å². The highest BCUT2D eigenvalue weighted by Crippen LogP contribution is 2.26. The van der Waals surface area contributed by atoms with Crippen molar-refractivity contribution in [1.29, 1.82) is 0 Å². The van der Waals surface area contributed by atoms with E-state index in [-0.39, 0.29) is 17.0 Å². The first-order valence-electron chi connectivity index (χ1n) is 7.49. The third-order valence-electron chi connectivity index (χ3n) is 3.44. The van der Waals surface area contributed by atoms with Crippen molar-refractivity contribution in [1.82, 2.24) is 19.7 Å². The Bertz CT molecular complexity index is 890. The van der Waals surface area contributed by atoms with Gasteiger partial charge in [-0.2, -0.15) is 0 Å². The zero-order chi connectivity index (χ0) is 18.0. The summed E-state index contributed by atoms with van der Waals surface area (Å²) in [6.45, 7) is 3.67. The molecule has 0 aliphatic heterocycles. The Morgan fingerprint density at radius 1 is 1.32 bits per heavy atom. The number of aromatic nitrogens is 4. The molecule has 0 unspecified atom stereocenters. The van der Waals surface area contributed by atoms with Crippen molar-refractivity contribution in [3.63, 3.8) is 0 Å². The second kappa shape index (κ2) is 7.32. The van der Waals surface area contributed by atoms with Crippen LogP contribution in [-0.4, -0.2) is 30.9 Å². The molecular formula is C16H16FN5OS2. The molecule has 1 amide bonds. The predicted molar refractivity (Wildman–Crippen MR) is 97.2 cm³/mol. The van der Waals surface area contributed by atoms with E-state index in [0.717, 1.165) is 11.3 Å². The van der Waals surface area contributed by atoms with Crippen LogP contribution in [0.5, 0.6) is 0 Å². The van der Waals surface area contributed by atoms with Crippen LogP contribution < -0.4 is 5.32 Å². The first kappa shape index (κ1) is 17.6. The number of amides is 1. The van der Waals surface area contributed by atoms with Crippen LogP contribution in [0.25, 0.3) is 11.4 Å². The molecule has 0 fully saturated rings. The Labute approximate surface area is 152 Å². The van der Waals surface area contributed by atoms with E-state index in [1.54, 1.807) is 23.6 Å². The van der Waals surface area contributed by atoms with Gasteiger partial charge in [0, 0.05) is 18.0 Å². The molecule has 0 spiro atoms. The van der Waals surface area contributed by atoms with Crippen molar-refractivity contribution in [3.05, 3.63) is 41.2 Å². The van der Waals surface area contributed by atoms with E-state index < -0.39 is 0 Å². The summed E-state index contributed by atoms with van der Waals surface area (Å²) >= 11 is 2.69. The molecule has 0 aliphatic carbocycles. The average molecular weight is 377 g/mol. The largest absolute Gasteiger partial charge is 0.305 e. The van der Waals surface area contributed by atoms with E-state index in [4.69, 9.17) is 0 Å². The fourth-order valence-electron chi connectivity index (χ4n) is 2.10. The van der Waals surface area contributed by atoms with Gasteiger partial charge in [0.05, 0.1) is 10.9 Å². The highest BCUT2D eigenvalue weighted by molar-refractivity contribution is 8.00. The summed E-state index contributed by atoms with van der Waals surface area (Å²) in [4.78, 5) is 16.5. The molecule has 9 heteroatoms. The lowest BCUT2D eigenvalue weighted by Crippen LogP contribution is -2.22. The van der Waals surface area contributed by atoms with Gasteiger partial charge in [0.1, 0.15) is 5.82 Å². The Kier molecular flexibility index (Phi) is 5.14. The normalized spacial score (nSPS) is 12.2. The quantitative estimate of drug-likeness (QED) is 0.689. The minimum Gasteiger partial charge on any atom is -0.305 e. The van der Waals surface area contributed by atoms with Gasteiger partial charge in [0.25, 0.3) is 0 Å². The van der Waals surface area contributed by atoms with Gasteiger partial charge in [-0.1, -0.05) is 11.8 Å². The molecule has 1 atom stereocenters. The standard InChI is InChI=1S/C16H16FN5OS2/c1-9-8-24-15(18-9)19-14(23)10(2)25-16-21-20-13(22(16)3)11-4-6-12(17)7-5-11/h4-8,10H,1-3H3,(H,18,19,23)/t10-/m1/s1. The van der Waals surface area contributed by atoms with Gasteiger partial charge in [0.15, 0.2) is 16.1 Å². The van der Waals surface area contributed by atoms with Crippen LogP contribution >= 0.6 is 23.1 Å². The van der Waals surface area contributed by atoms with Gasteiger partial charge in [0.2, 0.25) is 5.91 Å². The Morgan fingerprint density at radius 2 is 2.04 bits per heavy atom. The first-order valence-corrected chi connectivity index (χ1v) is 9.25. The van der Waals surface area contributed by atoms with Gasteiger partial charge in [-0.25, -0.2) is 9.37 Å². The maximum Gasteiger partial charge on any atom is 0.239 e. The number of carbonyl (C=O) groups excluding carboxylic acids is 1. The van der Waals surface area contributed by atoms with Crippen LogP contribution in [-0.2, 0) is 11.8 Å². The molecule has 0 bridgehead atoms. The summed E-state index contributed by atoms with van der Waals surface area (Å²) in [6.07, 6.45) is 0. The maximum absolute atomic E-state index is 13.1. The molecule has 0 radical (unpaired) electrons. The molecule has 3 aromatic rings. The number of nitrogens with one attached hydrogen (secondary N) is 1. The minimum absolute atomic E-state index is 0.148. The molecule has 1 N–H and O–H groups in total. The molecule has 0 aliphatic rings. The van der Waals surface area contributed by atoms with Gasteiger partial charge >= 0.3 is 0 Å². The fourth-order valence-corrected chi connectivity index (χ4v) is 3.60. The topological polar surface area (TPSA) is 72.7 Å². The van der Waals surface area contributed by atoms with Crippen molar-refractivity contribution in [3.8, 4) is 11.4 Å². The summed E-state index contributed by atoms with van der Waals surface area (Å²) in [7, 11) is 1.82. The number of thiazole rings is 1. The number of hydrogen-bond acceptors (Lipinski definition) is 6. The number of nitrogens with zero attached hydrogens (tertiary/aromatic N) is 4. The molecular weight excluding hydrogens is 361 g/mol. The van der Waals surface area contributed by atoms with E-state index in [0.29, 0.717) is 16.1 Å². The lowest BCUT2D eigenvalue weighted by Gasteiger charge is -2.10. The van der Waals surface area contributed by atoms with Crippen molar-refractivity contribution < 1.29 is 9.18 Å². The molecule has 6 nitrogen and oxygen atoms in total. The van der Waals surface area contributed by atoms with Crippen LogP contribution in [0.4, 0.5) is 9.52 Å². The second-order valence-electron chi connectivity index (χ2n) is 5.42. The van der Waals surface area contributed by atoms with E-state index in [2.05, 4.69) is 20.5 Å². The SMILES string of the molecule is Cc1csc(NC(=O)[C@@H](C)Sc2nnc(-c3ccc(F)cc3)n2C)n1. The number of benzene rings is 1. The third kappa shape index (κ3) is 4.05. The monoisotopic (exact) mass is 377 g/mol. The molecule has 0 saturated carbocycles. The highest BCUT2D eigenvalue weighted by atomic mass is 32.2. The van der Waals surface area contributed by atoms with E-state index in [9.17, 15) is 9.18 Å². The second-order valence-corrected chi connectivity index (χ2v) is 7.58. The molecule has 0 saturated heterocycles. The van der Waals surface area contributed by atoms with Crippen LogP contribution in [0, 0.1) is 12.7 Å². The molecule has 25 heavy (non-hydrogen) atoms. The fraction of sp³-hybridized carbons (Fsp3) is 0.250. The Hall–Kier alpha value is -2.26. The number of aryl methyl sites for hydroxylation is 1. The summed E-state index contributed by atoms with van der Waals surface area (Å²) in [6, 6.07) is 6.05. The summed E-state index contributed by atoms with van der Waals surface area (Å²) in [5.74, 6) is 0.166. The molecule has 130 valence electrons. The van der Waals surface area contributed by atoms with Crippen LogP contribution in [0.1, 0.15) is 12.6 Å². The maximum atomic E-state index is 13.1. The summed E-state index contributed by atoms with van der Waals surface area (Å²) in [5.41, 5.74) is 1.64. The Morgan fingerprint density at radius 3 is 2.68 bits per heavy atom. The Balaban J connectivity index is 1.70.